The van der Waals surface area contributed by atoms with Crippen LogP contribution in [0.4, 0.5) is 0 Å². The van der Waals surface area contributed by atoms with Crippen molar-refractivity contribution in [1.29, 1.82) is 0 Å². The maximum absolute atomic E-state index is 5.08. The Kier molecular flexibility index (Phi) is 6.26. The molecule has 0 aliphatic carbocycles. The lowest BCUT2D eigenvalue weighted by atomic mass is 10.0. The van der Waals surface area contributed by atoms with Crippen molar-refractivity contribution in [2.24, 2.45) is 0 Å². The molecule has 0 fully saturated rings. The van der Waals surface area contributed by atoms with E-state index >= 15 is 0 Å². The van der Waals surface area contributed by atoms with Gasteiger partial charge in [-0.15, -0.1) is 11.3 Å². The number of hydrogen-bond donors (Lipinski definition) is 0. The van der Waals surface area contributed by atoms with Gasteiger partial charge in [0.2, 0.25) is 0 Å². The quantitative estimate of drug-likeness (QED) is 0.176. The van der Waals surface area contributed by atoms with Gasteiger partial charge in [-0.25, -0.2) is 15.0 Å². The Morgan fingerprint density at radius 1 is 0.333 bits per heavy atom. The summed E-state index contributed by atoms with van der Waals surface area (Å²) in [5, 5.41) is 7.92. The van der Waals surface area contributed by atoms with Crippen LogP contribution in [0.5, 0.6) is 0 Å². The van der Waals surface area contributed by atoms with Gasteiger partial charge in [-0.2, -0.15) is 0 Å². The molecule has 0 bridgehead atoms. The predicted molar refractivity (Wildman–Crippen MR) is 237 cm³/mol. The average Bonchev–Trinajstić information content (AvgIpc) is 3.91. The highest BCUT2D eigenvalue weighted by atomic mass is 32.1. The summed E-state index contributed by atoms with van der Waals surface area (Å²) in [5.74, 6) is 1.93. The maximum Gasteiger partial charge on any atom is 0.164 e. The zero-order valence-corrected chi connectivity index (χ0v) is 31.2. The molecule has 0 atom stereocenters. The van der Waals surface area contributed by atoms with E-state index in [1.807, 2.05) is 47.7 Å². The second-order valence-electron chi connectivity index (χ2n) is 14.8. The van der Waals surface area contributed by atoms with Gasteiger partial charge < -0.3 is 8.97 Å². The molecule has 0 radical (unpaired) electrons. The summed E-state index contributed by atoms with van der Waals surface area (Å²) in [5.41, 5.74) is 12.4. The molecule has 6 heteroatoms. The molecule has 0 N–H and O–H groups in total. The molecular formula is C51H29N5S. The van der Waals surface area contributed by atoms with Gasteiger partial charge in [-0.05, 0) is 71.8 Å². The molecule has 264 valence electrons. The van der Waals surface area contributed by atoms with E-state index < -0.39 is 0 Å². The summed E-state index contributed by atoms with van der Waals surface area (Å²) >= 11 is 1.89. The Hall–Kier alpha value is -7.41. The van der Waals surface area contributed by atoms with Crippen LogP contribution in [-0.2, 0) is 0 Å². The second kappa shape index (κ2) is 11.6. The minimum absolute atomic E-state index is 0.638. The number of aromatic nitrogens is 5. The number of nitrogens with zero attached hydrogens (tertiary/aromatic N) is 5. The van der Waals surface area contributed by atoms with Crippen molar-refractivity contribution in [2.45, 2.75) is 0 Å². The van der Waals surface area contributed by atoms with E-state index in [4.69, 9.17) is 15.0 Å². The number of para-hydroxylation sites is 1. The van der Waals surface area contributed by atoms with Gasteiger partial charge in [0.25, 0.3) is 0 Å². The number of benzene rings is 8. The Labute approximate surface area is 330 Å². The topological polar surface area (TPSA) is 48.0 Å². The van der Waals surface area contributed by atoms with Crippen LogP contribution < -0.4 is 0 Å². The fourth-order valence-electron chi connectivity index (χ4n) is 9.20. The van der Waals surface area contributed by atoms with E-state index in [-0.39, 0.29) is 0 Å². The molecule has 0 aliphatic rings. The summed E-state index contributed by atoms with van der Waals surface area (Å²) in [6, 6.07) is 62.7. The Balaban J connectivity index is 0.998. The lowest BCUT2D eigenvalue weighted by Crippen LogP contribution is -2.00. The van der Waals surface area contributed by atoms with E-state index in [1.165, 1.54) is 74.9 Å². The van der Waals surface area contributed by atoms with Crippen molar-refractivity contribution in [3.05, 3.63) is 176 Å². The van der Waals surface area contributed by atoms with Gasteiger partial charge >= 0.3 is 0 Å². The summed E-state index contributed by atoms with van der Waals surface area (Å²) in [6.45, 7) is 0. The van der Waals surface area contributed by atoms with Crippen LogP contribution in [0.15, 0.2) is 176 Å². The van der Waals surface area contributed by atoms with Crippen molar-refractivity contribution in [3.8, 4) is 51.0 Å². The molecule has 0 saturated heterocycles. The van der Waals surface area contributed by atoms with Crippen LogP contribution >= 0.6 is 11.3 Å². The van der Waals surface area contributed by atoms with E-state index in [1.54, 1.807) is 0 Å². The van der Waals surface area contributed by atoms with Crippen molar-refractivity contribution >= 4 is 80.6 Å². The van der Waals surface area contributed by atoms with Crippen molar-refractivity contribution < 1.29 is 0 Å². The smallest absolute Gasteiger partial charge is 0.164 e. The molecule has 5 aromatic heterocycles. The van der Waals surface area contributed by atoms with Crippen LogP contribution in [0.2, 0.25) is 0 Å². The Bertz CT molecular complexity index is 3650. The highest BCUT2D eigenvalue weighted by molar-refractivity contribution is 7.26. The molecule has 13 aromatic rings. The first kappa shape index (κ1) is 30.9. The first-order chi connectivity index (χ1) is 28.3. The first-order valence-electron chi connectivity index (χ1n) is 19.2. The van der Waals surface area contributed by atoms with Gasteiger partial charge in [0.15, 0.2) is 17.5 Å². The lowest BCUT2D eigenvalue weighted by Gasteiger charge is -2.11. The normalized spacial score (nSPS) is 12.2. The summed E-state index contributed by atoms with van der Waals surface area (Å²) in [7, 11) is 0. The third kappa shape index (κ3) is 4.36. The number of rotatable bonds is 5. The van der Waals surface area contributed by atoms with Gasteiger partial charge in [0, 0.05) is 64.1 Å². The largest absolute Gasteiger partial charge is 0.309 e. The molecular weight excluding hydrogens is 715 g/mol. The van der Waals surface area contributed by atoms with Crippen LogP contribution in [0.1, 0.15) is 0 Å². The SMILES string of the molecule is c1ccc(-c2ccc(-c3nc(-c4ccccc4)nc(-c4ccc(-n5c6ccc7sc8ccc9c%10ccccc%10n%10c%11cccc5c%11c6c7c8c9%10)cc4)n3)cc2)cc1. The van der Waals surface area contributed by atoms with Gasteiger partial charge in [-0.3, -0.25) is 0 Å². The summed E-state index contributed by atoms with van der Waals surface area (Å²) in [4.78, 5) is 15.1. The number of fused-ring (bicyclic) bond motifs is 4. The molecule has 0 spiro atoms. The highest BCUT2D eigenvalue weighted by Gasteiger charge is 2.25. The molecule has 57 heavy (non-hydrogen) atoms. The van der Waals surface area contributed by atoms with Crippen LogP contribution in [0.3, 0.4) is 0 Å². The molecule has 0 unspecified atom stereocenters. The third-order valence-corrected chi connectivity index (χ3v) is 12.8. The Morgan fingerprint density at radius 3 is 1.60 bits per heavy atom. The van der Waals surface area contributed by atoms with E-state index in [0.29, 0.717) is 17.5 Å². The minimum atomic E-state index is 0.638. The van der Waals surface area contributed by atoms with Gasteiger partial charge in [0.1, 0.15) is 0 Å². The zero-order chi connectivity index (χ0) is 37.2. The molecule has 5 heterocycles. The standard InChI is InChI=1S/C51H29N5S/c1-3-10-30(11-4-1)31-18-20-33(21-19-31)50-52-49(32-12-5-2-6-13-32)53-51(54-50)34-22-24-35(25-23-34)55-39-16-9-17-40-44(39)45-41(55)27-29-42-46(45)47-43(57-42)28-26-37-36-14-7-8-15-38(36)56(40)48(37)47/h1-29H. The number of thiophene rings is 1. The summed E-state index contributed by atoms with van der Waals surface area (Å²) < 4.78 is 7.60. The fraction of sp³-hybridized carbons (Fsp3) is 0. The first-order valence-corrected chi connectivity index (χ1v) is 20.0. The molecule has 8 aromatic carbocycles. The fourth-order valence-corrected chi connectivity index (χ4v) is 10.3. The lowest BCUT2D eigenvalue weighted by molar-refractivity contribution is 1.07. The van der Waals surface area contributed by atoms with Crippen LogP contribution in [0, 0.1) is 0 Å². The van der Waals surface area contributed by atoms with E-state index in [2.05, 4.69) is 148 Å². The molecule has 0 amide bonds. The van der Waals surface area contributed by atoms with Crippen molar-refractivity contribution in [3.63, 3.8) is 0 Å². The number of hydrogen-bond acceptors (Lipinski definition) is 4. The second-order valence-corrected chi connectivity index (χ2v) is 15.9. The average molecular weight is 744 g/mol. The summed E-state index contributed by atoms with van der Waals surface area (Å²) in [6.07, 6.45) is 0. The van der Waals surface area contributed by atoms with Gasteiger partial charge in [-0.1, -0.05) is 115 Å². The molecule has 0 aliphatic heterocycles. The third-order valence-electron chi connectivity index (χ3n) is 11.7. The van der Waals surface area contributed by atoms with E-state index in [0.717, 1.165) is 27.9 Å². The van der Waals surface area contributed by atoms with Gasteiger partial charge in [0.05, 0.1) is 27.6 Å². The van der Waals surface area contributed by atoms with Crippen LogP contribution in [-0.4, -0.2) is 23.9 Å². The van der Waals surface area contributed by atoms with Crippen molar-refractivity contribution in [2.75, 3.05) is 0 Å². The van der Waals surface area contributed by atoms with E-state index in [9.17, 15) is 0 Å². The molecule has 13 rings (SSSR count). The van der Waals surface area contributed by atoms with Crippen molar-refractivity contribution in [1.82, 2.24) is 23.9 Å². The minimum Gasteiger partial charge on any atom is -0.309 e. The zero-order valence-electron chi connectivity index (χ0n) is 30.4. The monoisotopic (exact) mass is 743 g/mol. The highest BCUT2D eigenvalue weighted by Crippen LogP contribution is 2.50. The Morgan fingerprint density at radius 2 is 0.860 bits per heavy atom. The van der Waals surface area contributed by atoms with Crippen LogP contribution in [0.25, 0.3) is 120 Å². The molecule has 5 nitrogen and oxygen atoms in total. The maximum atomic E-state index is 5.08. The predicted octanol–water partition coefficient (Wildman–Crippen LogP) is 13.4. The molecule has 0 saturated carbocycles.